The SMILES string of the molecule is COc1nc(NS(=O)(=O)c2csc3nc(Br)ccc23)ncc1CCC#N. The van der Waals surface area contributed by atoms with Crippen LogP contribution in [0.25, 0.3) is 10.2 Å². The number of rotatable bonds is 6. The first kappa shape index (κ1) is 18.5. The number of nitriles is 1. The van der Waals surface area contributed by atoms with Crippen molar-refractivity contribution in [1.82, 2.24) is 15.0 Å². The number of hydrogen-bond donors (Lipinski definition) is 1. The quantitative estimate of drug-likeness (QED) is 0.569. The van der Waals surface area contributed by atoms with Gasteiger partial charge >= 0.3 is 0 Å². The van der Waals surface area contributed by atoms with Crippen LogP contribution in [0.4, 0.5) is 5.95 Å². The molecule has 0 amide bonds. The van der Waals surface area contributed by atoms with E-state index in [0.29, 0.717) is 26.8 Å². The van der Waals surface area contributed by atoms with Gasteiger partial charge in [-0.15, -0.1) is 11.3 Å². The molecule has 8 nitrogen and oxygen atoms in total. The van der Waals surface area contributed by atoms with Crippen LogP contribution in [-0.2, 0) is 16.4 Å². The van der Waals surface area contributed by atoms with Gasteiger partial charge in [-0.25, -0.2) is 23.1 Å². The highest BCUT2D eigenvalue weighted by Gasteiger charge is 2.22. The Labute approximate surface area is 162 Å². The van der Waals surface area contributed by atoms with Gasteiger partial charge in [0.1, 0.15) is 14.3 Å². The molecule has 0 bridgehead atoms. The first-order valence-corrected chi connectivity index (χ1v) is 10.4. The molecular formula is C15H12BrN5O3S2. The summed E-state index contributed by atoms with van der Waals surface area (Å²) in [5, 5.41) is 10.7. The highest BCUT2D eigenvalue weighted by atomic mass is 79.9. The molecule has 1 N–H and O–H groups in total. The van der Waals surface area contributed by atoms with E-state index in [2.05, 4.69) is 35.6 Å². The molecule has 0 spiro atoms. The Morgan fingerprint density at radius 2 is 2.19 bits per heavy atom. The second kappa shape index (κ2) is 7.53. The lowest BCUT2D eigenvalue weighted by Gasteiger charge is -2.09. The van der Waals surface area contributed by atoms with Crippen LogP contribution in [0.15, 0.2) is 33.2 Å². The minimum atomic E-state index is -3.89. The lowest BCUT2D eigenvalue weighted by atomic mass is 10.2. The summed E-state index contributed by atoms with van der Waals surface area (Å²) in [5.41, 5.74) is 0.632. The third-order valence-corrected chi connectivity index (χ3v) is 6.26. The summed E-state index contributed by atoms with van der Waals surface area (Å²) < 4.78 is 33.6. The molecule has 3 rings (SSSR count). The van der Waals surface area contributed by atoms with E-state index in [9.17, 15) is 8.42 Å². The predicted molar refractivity (Wildman–Crippen MR) is 101 cm³/mol. The van der Waals surface area contributed by atoms with Crippen molar-refractivity contribution in [3.63, 3.8) is 0 Å². The van der Waals surface area contributed by atoms with Gasteiger partial charge in [0.25, 0.3) is 10.0 Å². The Morgan fingerprint density at radius 3 is 2.92 bits per heavy atom. The fourth-order valence-corrected chi connectivity index (χ4v) is 5.08. The van der Waals surface area contributed by atoms with Crippen molar-refractivity contribution in [1.29, 1.82) is 5.26 Å². The zero-order chi connectivity index (χ0) is 18.7. The number of anilines is 1. The minimum Gasteiger partial charge on any atom is -0.481 e. The topological polar surface area (TPSA) is 118 Å². The van der Waals surface area contributed by atoms with Crippen molar-refractivity contribution in [2.75, 3.05) is 11.8 Å². The van der Waals surface area contributed by atoms with Crippen LogP contribution < -0.4 is 9.46 Å². The number of pyridine rings is 1. The van der Waals surface area contributed by atoms with Crippen molar-refractivity contribution in [2.24, 2.45) is 0 Å². The molecule has 11 heteroatoms. The fraction of sp³-hybridized carbons (Fsp3) is 0.200. The van der Waals surface area contributed by atoms with Crippen LogP contribution in [-0.4, -0.2) is 30.5 Å². The molecule has 0 aliphatic rings. The smallest absolute Gasteiger partial charge is 0.265 e. The Morgan fingerprint density at radius 1 is 1.38 bits per heavy atom. The number of aromatic nitrogens is 3. The van der Waals surface area contributed by atoms with Gasteiger partial charge in [0.2, 0.25) is 11.8 Å². The summed E-state index contributed by atoms with van der Waals surface area (Å²) in [5.74, 6) is 0.126. The maximum atomic E-state index is 12.7. The summed E-state index contributed by atoms with van der Waals surface area (Å²) in [6.07, 6.45) is 2.15. The molecule has 0 fully saturated rings. The van der Waals surface area contributed by atoms with E-state index < -0.39 is 10.0 Å². The number of nitrogens with zero attached hydrogens (tertiary/aromatic N) is 4. The van der Waals surface area contributed by atoms with Crippen molar-refractivity contribution >= 4 is 53.5 Å². The largest absolute Gasteiger partial charge is 0.481 e. The maximum absolute atomic E-state index is 12.7. The number of methoxy groups -OCH3 is 1. The summed E-state index contributed by atoms with van der Waals surface area (Å²) in [4.78, 5) is 13.1. The highest BCUT2D eigenvalue weighted by molar-refractivity contribution is 9.10. The number of fused-ring (bicyclic) bond motifs is 1. The summed E-state index contributed by atoms with van der Waals surface area (Å²) in [6, 6.07) is 5.39. The van der Waals surface area contributed by atoms with E-state index in [1.807, 2.05) is 6.07 Å². The van der Waals surface area contributed by atoms with Gasteiger partial charge in [-0.3, -0.25) is 0 Å². The Hall–Kier alpha value is -2.29. The van der Waals surface area contributed by atoms with Gasteiger partial charge in [-0.1, -0.05) is 0 Å². The molecule has 134 valence electrons. The molecule has 26 heavy (non-hydrogen) atoms. The number of sulfonamides is 1. The molecule has 3 aromatic heterocycles. The Balaban J connectivity index is 1.93. The molecule has 0 unspecified atom stereocenters. The zero-order valence-electron chi connectivity index (χ0n) is 13.4. The third-order valence-electron chi connectivity index (χ3n) is 3.41. The molecule has 0 saturated carbocycles. The van der Waals surface area contributed by atoms with Crippen LogP contribution in [0, 0.1) is 11.3 Å². The van der Waals surface area contributed by atoms with Gasteiger partial charge in [-0.2, -0.15) is 10.2 Å². The van der Waals surface area contributed by atoms with Gasteiger partial charge in [0.05, 0.1) is 13.2 Å². The number of halogens is 1. The molecule has 0 aliphatic heterocycles. The molecule has 0 radical (unpaired) electrons. The second-order valence-electron chi connectivity index (χ2n) is 5.08. The number of nitrogens with one attached hydrogen (secondary N) is 1. The van der Waals surface area contributed by atoms with Crippen molar-refractivity contribution < 1.29 is 13.2 Å². The van der Waals surface area contributed by atoms with E-state index in [1.165, 1.54) is 30.0 Å². The molecule has 3 heterocycles. The zero-order valence-corrected chi connectivity index (χ0v) is 16.7. The first-order chi connectivity index (χ1) is 12.4. The van der Waals surface area contributed by atoms with Gasteiger partial charge in [0, 0.05) is 28.9 Å². The van der Waals surface area contributed by atoms with Crippen LogP contribution in [0.3, 0.4) is 0 Å². The van der Waals surface area contributed by atoms with Gasteiger partial charge in [0.15, 0.2) is 0 Å². The fourth-order valence-electron chi connectivity index (χ4n) is 2.23. The predicted octanol–water partition coefficient (Wildman–Crippen LogP) is 3.11. The van der Waals surface area contributed by atoms with E-state index in [0.717, 1.165) is 0 Å². The second-order valence-corrected chi connectivity index (χ2v) is 8.40. The summed E-state index contributed by atoms with van der Waals surface area (Å²) >= 11 is 4.49. The molecular weight excluding hydrogens is 442 g/mol. The summed E-state index contributed by atoms with van der Waals surface area (Å²) in [7, 11) is -2.47. The Bertz CT molecular complexity index is 1110. The normalized spacial score (nSPS) is 11.3. The van der Waals surface area contributed by atoms with Crippen LogP contribution >= 0.6 is 27.3 Å². The van der Waals surface area contributed by atoms with E-state index >= 15 is 0 Å². The van der Waals surface area contributed by atoms with Crippen molar-refractivity contribution in [2.45, 2.75) is 17.7 Å². The summed E-state index contributed by atoms with van der Waals surface area (Å²) in [6.45, 7) is 0. The van der Waals surface area contributed by atoms with Crippen LogP contribution in [0.5, 0.6) is 5.88 Å². The Kier molecular flexibility index (Phi) is 5.36. The third kappa shape index (κ3) is 3.77. The molecule has 0 aliphatic carbocycles. The first-order valence-electron chi connectivity index (χ1n) is 7.28. The molecule has 0 aromatic carbocycles. The van der Waals surface area contributed by atoms with Crippen LogP contribution in [0.2, 0.25) is 0 Å². The molecule has 3 aromatic rings. The average Bonchev–Trinajstić information content (AvgIpc) is 3.04. The van der Waals surface area contributed by atoms with Crippen molar-refractivity contribution in [3.8, 4) is 11.9 Å². The van der Waals surface area contributed by atoms with Crippen LogP contribution in [0.1, 0.15) is 12.0 Å². The average molecular weight is 454 g/mol. The highest BCUT2D eigenvalue weighted by Crippen LogP contribution is 2.30. The van der Waals surface area contributed by atoms with E-state index in [1.54, 1.807) is 12.1 Å². The molecule has 0 saturated heterocycles. The van der Waals surface area contributed by atoms with Gasteiger partial charge in [-0.05, 0) is 34.5 Å². The van der Waals surface area contributed by atoms with E-state index in [4.69, 9.17) is 10.00 Å². The number of hydrogen-bond acceptors (Lipinski definition) is 8. The van der Waals surface area contributed by atoms with E-state index in [-0.39, 0.29) is 23.1 Å². The monoisotopic (exact) mass is 453 g/mol. The lowest BCUT2D eigenvalue weighted by Crippen LogP contribution is -2.15. The number of ether oxygens (including phenoxy) is 1. The standard InChI is InChI=1S/C15H12BrN5O3S2/c1-24-13-9(3-2-6-17)7-18-15(20-13)21-26(22,23)11-8-25-14-10(11)4-5-12(16)19-14/h4-5,7-8H,2-3H2,1H3,(H,18,20,21). The number of aryl methyl sites for hydroxylation is 1. The maximum Gasteiger partial charge on any atom is 0.265 e. The van der Waals surface area contributed by atoms with Gasteiger partial charge < -0.3 is 4.74 Å². The lowest BCUT2D eigenvalue weighted by molar-refractivity contribution is 0.392. The number of thiophene rings is 1. The minimum absolute atomic E-state index is 0.105. The van der Waals surface area contributed by atoms with Crippen molar-refractivity contribution in [3.05, 3.63) is 33.9 Å². The molecule has 0 atom stereocenters.